The summed E-state index contributed by atoms with van der Waals surface area (Å²) in [4.78, 5) is 14.3. The second-order valence-corrected chi connectivity index (χ2v) is 7.95. The lowest BCUT2D eigenvalue weighted by Gasteiger charge is -2.26. The molecule has 5 aromatic rings. The van der Waals surface area contributed by atoms with Crippen LogP contribution in [0.5, 0.6) is 0 Å². The standard InChI is InChI=1S/C24H22N6O/c1-3-21-18(9-16(1)14-30-5-7-31-8-6-30)11-23(27-21)24-20-10-17(2-4-22(20)28-29-24)19-12-25-15-26-13-19/h1-4,9-13,15,27H,5-8,14H2,(H,28,29). The topological polar surface area (TPSA) is 82.7 Å². The number of aromatic amines is 2. The van der Waals surface area contributed by atoms with E-state index in [2.05, 4.69) is 72.5 Å². The summed E-state index contributed by atoms with van der Waals surface area (Å²) in [5.74, 6) is 0. The van der Waals surface area contributed by atoms with E-state index in [0.29, 0.717) is 0 Å². The second-order valence-electron chi connectivity index (χ2n) is 7.95. The van der Waals surface area contributed by atoms with Crippen LogP contribution in [-0.2, 0) is 11.3 Å². The van der Waals surface area contributed by atoms with Gasteiger partial charge in [-0.25, -0.2) is 9.97 Å². The number of nitrogens with one attached hydrogen (secondary N) is 2. The molecule has 154 valence electrons. The first-order chi connectivity index (χ1) is 15.3. The fourth-order valence-electron chi connectivity index (χ4n) is 4.27. The minimum atomic E-state index is 0.819. The predicted molar refractivity (Wildman–Crippen MR) is 121 cm³/mol. The largest absolute Gasteiger partial charge is 0.379 e. The fraction of sp³-hybridized carbons (Fsp3) is 0.208. The Morgan fingerprint density at radius 3 is 2.61 bits per heavy atom. The molecule has 1 saturated heterocycles. The van der Waals surface area contributed by atoms with Crippen LogP contribution in [-0.4, -0.2) is 56.4 Å². The van der Waals surface area contributed by atoms with E-state index in [-0.39, 0.29) is 0 Å². The van der Waals surface area contributed by atoms with Crippen LogP contribution in [0.15, 0.2) is 61.2 Å². The molecule has 0 aliphatic carbocycles. The van der Waals surface area contributed by atoms with Crippen molar-refractivity contribution in [2.45, 2.75) is 6.54 Å². The predicted octanol–water partition coefficient (Wildman–Crippen LogP) is 4.00. The van der Waals surface area contributed by atoms with Crippen molar-refractivity contribution >= 4 is 21.8 Å². The molecule has 6 rings (SSSR count). The van der Waals surface area contributed by atoms with Crippen LogP contribution in [0.1, 0.15) is 5.56 Å². The summed E-state index contributed by atoms with van der Waals surface area (Å²) >= 11 is 0. The molecular formula is C24H22N6O. The lowest BCUT2D eigenvalue weighted by molar-refractivity contribution is 0.0342. The lowest BCUT2D eigenvalue weighted by atomic mass is 10.0. The van der Waals surface area contributed by atoms with Crippen molar-refractivity contribution in [2.24, 2.45) is 0 Å². The van der Waals surface area contributed by atoms with Crippen molar-refractivity contribution in [2.75, 3.05) is 26.3 Å². The van der Waals surface area contributed by atoms with Gasteiger partial charge in [0.2, 0.25) is 0 Å². The van der Waals surface area contributed by atoms with Crippen LogP contribution in [0.2, 0.25) is 0 Å². The van der Waals surface area contributed by atoms with Crippen molar-refractivity contribution in [3.8, 4) is 22.5 Å². The van der Waals surface area contributed by atoms with Gasteiger partial charge >= 0.3 is 0 Å². The Kier molecular flexibility index (Phi) is 4.48. The van der Waals surface area contributed by atoms with Crippen molar-refractivity contribution in [3.63, 3.8) is 0 Å². The maximum Gasteiger partial charge on any atom is 0.116 e. The molecule has 2 N–H and O–H groups in total. The number of hydrogen-bond acceptors (Lipinski definition) is 5. The van der Waals surface area contributed by atoms with Crippen LogP contribution >= 0.6 is 0 Å². The van der Waals surface area contributed by atoms with Crippen LogP contribution in [0, 0.1) is 0 Å². The van der Waals surface area contributed by atoms with Gasteiger partial charge in [0.1, 0.15) is 12.0 Å². The molecule has 3 aromatic heterocycles. The van der Waals surface area contributed by atoms with E-state index in [1.807, 2.05) is 12.4 Å². The van der Waals surface area contributed by atoms with Crippen molar-refractivity contribution in [1.29, 1.82) is 0 Å². The zero-order valence-electron chi connectivity index (χ0n) is 17.0. The molecule has 7 heteroatoms. The molecule has 1 fully saturated rings. The van der Waals surface area contributed by atoms with Crippen LogP contribution in [0.3, 0.4) is 0 Å². The Labute approximate surface area is 179 Å². The summed E-state index contributed by atoms with van der Waals surface area (Å²) in [6, 6.07) is 15.1. The number of fused-ring (bicyclic) bond motifs is 2. The summed E-state index contributed by atoms with van der Waals surface area (Å²) in [5.41, 5.74) is 7.41. The van der Waals surface area contributed by atoms with E-state index >= 15 is 0 Å². The first-order valence-electron chi connectivity index (χ1n) is 10.5. The highest BCUT2D eigenvalue weighted by molar-refractivity contribution is 5.97. The summed E-state index contributed by atoms with van der Waals surface area (Å²) in [5, 5.41) is 10.0. The van der Waals surface area contributed by atoms with Crippen LogP contribution < -0.4 is 0 Å². The van der Waals surface area contributed by atoms with E-state index in [1.165, 1.54) is 10.9 Å². The van der Waals surface area contributed by atoms with Crippen molar-refractivity contribution < 1.29 is 4.74 Å². The normalized spacial score (nSPS) is 15.1. The molecule has 31 heavy (non-hydrogen) atoms. The van der Waals surface area contributed by atoms with Gasteiger partial charge in [-0.1, -0.05) is 12.1 Å². The number of rotatable bonds is 4. The molecule has 0 atom stereocenters. The molecule has 1 aliphatic heterocycles. The van der Waals surface area contributed by atoms with E-state index in [4.69, 9.17) is 4.74 Å². The summed E-state index contributed by atoms with van der Waals surface area (Å²) in [6.07, 6.45) is 5.20. The molecule has 1 aliphatic rings. The second kappa shape index (κ2) is 7.61. The Hall–Kier alpha value is -3.55. The van der Waals surface area contributed by atoms with E-state index in [0.717, 1.165) is 71.8 Å². The quantitative estimate of drug-likeness (QED) is 0.468. The lowest BCUT2D eigenvalue weighted by Crippen LogP contribution is -2.35. The SMILES string of the molecule is c1ncc(-c2ccc3[nH]nc(-c4cc5cc(CN6CCOCC6)ccc5[nH]4)c3c2)cn1. The summed E-state index contributed by atoms with van der Waals surface area (Å²) in [6.45, 7) is 4.57. The third kappa shape index (κ3) is 3.48. The molecule has 0 unspecified atom stereocenters. The maximum atomic E-state index is 5.46. The summed E-state index contributed by atoms with van der Waals surface area (Å²) in [7, 11) is 0. The molecule has 7 nitrogen and oxygen atoms in total. The van der Waals surface area contributed by atoms with Crippen LogP contribution in [0.25, 0.3) is 44.3 Å². The zero-order chi connectivity index (χ0) is 20.6. The molecule has 4 heterocycles. The number of ether oxygens (including phenoxy) is 1. The average molecular weight is 410 g/mol. The number of benzene rings is 2. The molecule has 0 saturated carbocycles. The monoisotopic (exact) mass is 410 g/mol. The van der Waals surface area contributed by atoms with Gasteiger partial charge in [0.15, 0.2) is 0 Å². The van der Waals surface area contributed by atoms with Crippen molar-refractivity contribution in [3.05, 3.63) is 66.7 Å². The van der Waals surface area contributed by atoms with E-state index in [1.54, 1.807) is 6.33 Å². The fourth-order valence-corrected chi connectivity index (χ4v) is 4.27. The van der Waals surface area contributed by atoms with Gasteiger partial charge in [0, 0.05) is 53.9 Å². The van der Waals surface area contributed by atoms with Gasteiger partial charge < -0.3 is 9.72 Å². The Bertz CT molecular complexity index is 1350. The highest BCUT2D eigenvalue weighted by atomic mass is 16.5. The minimum Gasteiger partial charge on any atom is -0.379 e. The minimum absolute atomic E-state index is 0.819. The summed E-state index contributed by atoms with van der Waals surface area (Å²) < 4.78 is 5.46. The van der Waals surface area contributed by atoms with Gasteiger partial charge in [-0.3, -0.25) is 10.00 Å². The molecular weight excluding hydrogens is 388 g/mol. The highest BCUT2D eigenvalue weighted by Crippen LogP contribution is 2.31. The number of H-pyrrole nitrogens is 2. The van der Waals surface area contributed by atoms with Gasteiger partial charge in [0.05, 0.1) is 24.4 Å². The number of morpholine rings is 1. The molecule has 2 aromatic carbocycles. The van der Waals surface area contributed by atoms with Crippen LogP contribution in [0.4, 0.5) is 0 Å². The number of hydrogen-bond donors (Lipinski definition) is 2. The van der Waals surface area contributed by atoms with E-state index < -0.39 is 0 Å². The van der Waals surface area contributed by atoms with Gasteiger partial charge in [0.25, 0.3) is 0 Å². The first kappa shape index (κ1) is 18.2. The Morgan fingerprint density at radius 2 is 1.74 bits per heavy atom. The number of aromatic nitrogens is 5. The van der Waals surface area contributed by atoms with Gasteiger partial charge in [-0.05, 0) is 41.5 Å². The average Bonchev–Trinajstić information content (AvgIpc) is 3.43. The molecule has 0 bridgehead atoms. The Morgan fingerprint density at radius 1 is 0.903 bits per heavy atom. The third-order valence-electron chi connectivity index (χ3n) is 5.91. The molecule has 0 spiro atoms. The number of nitrogens with zero attached hydrogens (tertiary/aromatic N) is 4. The maximum absolute atomic E-state index is 5.46. The zero-order valence-corrected chi connectivity index (χ0v) is 17.0. The third-order valence-corrected chi connectivity index (χ3v) is 5.91. The highest BCUT2D eigenvalue weighted by Gasteiger charge is 2.14. The smallest absolute Gasteiger partial charge is 0.116 e. The molecule has 0 radical (unpaired) electrons. The van der Waals surface area contributed by atoms with Gasteiger partial charge in [-0.2, -0.15) is 5.10 Å². The van der Waals surface area contributed by atoms with Crippen molar-refractivity contribution in [1.82, 2.24) is 30.0 Å². The Balaban J connectivity index is 1.36. The van der Waals surface area contributed by atoms with Gasteiger partial charge in [-0.15, -0.1) is 0 Å². The first-order valence-corrected chi connectivity index (χ1v) is 10.5. The molecule has 0 amide bonds. The van der Waals surface area contributed by atoms with E-state index in [9.17, 15) is 0 Å².